The van der Waals surface area contributed by atoms with E-state index in [0.717, 1.165) is 18.2 Å². The zero-order chi connectivity index (χ0) is 13.9. The number of nitrogens with zero attached hydrogens (tertiary/aromatic N) is 1. The molecule has 1 aliphatic rings. The molecule has 1 unspecified atom stereocenters. The van der Waals surface area contributed by atoms with Gasteiger partial charge in [0.2, 0.25) is 0 Å². The number of aromatic nitrogens is 1. The lowest BCUT2D eigenvalue weighted by atomic mass is 10.1. The maximum atomic E-state index is 5.19. The van der Waals surface area contributed by atoms with Crippen molar-refractivity contribution >= 4 is 0 Å². The lowest BCUT2D eigenvalue weighted by Gasteiger charge is -2.13. The summed E-state index contributed by atoms with van der Waals surface area (Å²) < 4.78 is 7.44. The molecule has 3 nitrogen and oxygen atoms in total. The van der Waals surface area contributed by atoms with E-state index in [2.05, 4.69) is 47.5 Å². The first-order valence-corrected chi connectivity index (χ1v) is 7.26. The summed E-state index contributed by atoms with van der Waals surface area (Å²) in [5.74, 6) is 1.74. The van der Waals surface area contributed by atoms with Gasteiger partial charge in [-0.15, -0.1) is 0 Å². The molecule has 0 saturated heterocycles. The summed E-state index contributed by atoms with van der Waals surface area (Å²) in [6, 6.07) is 11.0. The van der Waals surface area contributed by atoms with Crippen LogP contribution >= 0.6 is 0 Å². The largest absolute Gasteiger partial charge is 0.497 e. The molecule has 0 radical (unpaired) electrons. The summed E-state index contributed by atoms with van der Waals surface area (Å²) in [6.45, 7) is 0.908. The second-order valence-corrected chi connectivity index (χ2v) is 5.57. The zero-order valence-electron chi connectivity index (χ0n) is 12.2. The summed E-state index contributed by atoms with van der Waals surface area (Å²) >= 11 is 0. The summed E-state index contributed by atoms with van der Waals surface area (Å²) in [5, 5.41) is 3.44. The van der Waals surface area contributed by atoms with Crippen LogP contribution in [-0.4, -0.2) is 18.7 Å². The van der Waals surface area contributed by atoms with E-state index >= 15 is 0 Å². The summed E-state index contributed by atoms with van der Waals surface area (Å²) in [4.78, 5) is 0. The molecule has 1 fully saturated rings. The van der Waals surface area contributed by atoms with Crippen molar-refractivity contribution in [3.05, 3.63) is 53.9 Å². The van der Waals surface area contributed by atoms with Gasteiger partial charge in [0, 0.05) is 25.0 Å². The average molecular weight is 270 g/mol. The van der Waals surface area contributed by atoms with E-state index in [4.69, 9.17) is 4.74 Å². The van der Waals surface area contributed by atoms with E-state index < -0.39 is 0 Å². The Morgan fingerprint density at radius 2 is 2.00 bits per heavy atom. The van der Waals surface area contributed by atoms with E-state index in [1.807, 2.05) is 12.1 Å². The highest BCUT2D eigenvalue weighted by atomic mass is 16.5. The van der Waals surface area contributed by atoms with Crippen LogP contribution in [0.4, 0.5) is 0 Å². The molecule has 1 N–H and O–H groups in total. The van der Waals surface area contributed by atoms with Gasteiger partial charge in [-0.2, -0.15) is 0 Å². The fourth-order valence-corrected chi connectivity index (χ4v) is 2.79. The van der Waals surface area contributed by atoms with Crippen LogP contribution in [0.15, 0.2) is 42.7 Å². The third kappa shape index (κ3) is 2.88. The topological polar surface area (TPSA) is 26.2 Å². The summed E-state index contributed by atoms with van der Waals surface area (Å²) in [7, 11) is 3.76. The molecule has 3 heteroatoms. The molecule has 1 aromatic carbocycles. The van der Waals surface area contributed by atoms with Crippen molar-refractivity contribution in [1.82, 2.24) is 9.88 Å². The highest BCUT2D eigenvalue weighted by Crippen LogP contribution is 2.40. The molecule has 106 valence electrons. The van der Waals surface area contributed by atoms with Gasteiger partial charge in [-0.3, -0.25) is 0 Å². The molecule has 1 atom stereocenters. The van der Waals surface area contributed by atoms with Crippen molar-refractivity contribution in [2.75, 3.05) is 14.2 Å². The standard InChI is InChI=1S/C17H22N2O/c1-18-17(14-5-6-14)15-9-10-19(12-15)11-13-3-7-16(20-2)8-4-13/h3-4,7-10,12,14,17-18H,5-6,11H2,1-2H3. The lowest BCUT2D eigenvalue weighted by molar-refractivity contribution is 0.414. The smallest absolute Gasteiger partial charge is 0.118 e. The Morgan fingerprint density at radius 3 is 2.60 bits per heavy atom. The van der Waals surface area contributed by atoms with Crippen LogP contribution in [0.1, 0.15) is 30.0 Å². The third-order valence-electron chi connectivity index (χ3n) is 4.06. The van der Waals surface area contributed by atoms with Crippen LogP contribution in [0.3, 0.4) is 0 Å². The third-order valence-corrected chi connectivity index (χ3v) is 4.06. The van der Waals surface area contributed by atoms with Gasteiger partial charge in [-0.05, 0) is 55.1 Å². The highest BCUT2D eigenvalue weighted by molar-refractivity contribution is 5.28. The first-order valence-electron chi connectivity index (χ1n) is 7.26. The molecule has 0 bridgehead atoms. The lowest BCUT2D eigenvalue weighted by Crippen LogP contribution is -2.17. The molecular weight excluding hydrogens is 248 g/mol. The van der Waals surface area contributed by atoms with E-state index in [0.29, 0.717) is 6.04 Å². The number of methoxy groups -OCH3 is 1. The summed E-state index contributed by atoms with van der Waals surface area (Å²) in [6.07, 6.45) is 7.15. The van der Waals surface area contributed by atoms with Crippen LogP contribution in [0.25, 0.3) is 0 Å². The molecule has 3 rings (SSSR count). The summed E-state index contributed by atoms with van der Waals surface area (Å²) in [5.41, 5.74) is 2.70. The van der Waals surface area contributed by atoms with Gasteiger partial charge in [0.1, 0.15) is 5.75 Å². The highest BCUT2D eigenvalue weighted by Gasteiger charge is 2.31. The van der Waals surface area contributed by atoms with Crippen molar-refractivity contribution in [3.63, 3.8) is 0 Å². The Bertz CT molecular complexity index is 555. The molecule has 1 aliphatic carbocycles. The quantitative estimate of drug-likeness (QED) is 0.872. The maximum absolute atomic E-state index is 5.19. The molecular formula is C17H22N2O. The van der Waals surface area contributed by atoms with Gasteiger partial charge in [0.05, 0.1) is 7.11 Å². The predicted molar refractivity (Wildman–Crippen MR) is 81.1 cm³/mol. The molecule has 1 aromatic heterocycles. The molecule has 2 aromatic rings. The Hall–Kier alpha value is -1.74. The number of nitrogens with one attached hydrogen (secondary N) is 1. The number of hydrogen-bond donors (Lipinski definition) is 1. The minimum Gasteiger partial charge on any atom is -0.497 e. The van der Waals surface area contributed by atoms with Gasteiger partial charge in [0.25, 0.3) is 0 Å². The normalized spacial score (nSPS) is 16.1. The van der Waals surface area contributed by atoms with Crippen LogP contribution < -0.4 is 10.1 Å². The van der Waals surface area contributed by atoms with Crippen LogP contribution in [0.2, 0.25) is 0 Å². The minimum absolute atomic E-state index is 0.520. The van der Waals surface area contributed by atoms with E-state index in [-0.39, 0.29) is 0 Å². The Kier molecular flexibility index (Phi) is 3.79. The van der Waals surface area contributed by atoms with E-state index in [1.165, 1.54) is 24.0 Å². The van der Waals surface area contributed by atoms with Crippen LogP contribution in [-0.2, 0) is 6.54 Å². The van der Waals surface area contributed by atoms with E-state index in [9.17, 15) is 0 Å². The monoisotopic (exact) mass is 270 g/mol. The van der Waals surface area contributed by atoms with Gasteiger partial charge < -0.3 is 14.6 Å². The van der Waals surface area contributed by atoms with Crippen molar-refractivity contribution < 1.29 is 4.74 Å². The fourth-order valence-electron chi connectivity index (χ4n) is 2.79. The molecule has 0 amide bonds. The number of benzene rings is 1. The Labute approximate surface area is 120 Å². The first kappa shape index (κ1) is 13.3. The zero-order valence-corrected chi connectivity index (χ0v) is 12.2. The Balaban J connectivity index is 1.69. The number of hydrogen-bond acceptors (Lipinski definition) is 2. The minimum atomic E-state index is 0.520. The predicted octanol–water partition coefficient (Wildman–Crippen LogP) is 3.22. The molecule has 1 heterocycles. The van der Waals surface area contributed by atoms with Crippen molar-refractivity contribution in [3.8, 4) is 5.75 Å². The molecule has 0 aliphatic heterocycles. The molecule has 0 spiro atoms. The van der Waals surface area contributed by atoms with Crippen LogP contribution in [0, 0.1) is 5.92 Å². The Morgan fingerprint density at radius 1 is 1.25 bits per heavy atom. The van der Waals surface area contributed by atoms with Gasteiger partial charge in [0.15, 0.2) is 0 Å². The second kappa shape index (κ2) is 5.71. The number of rotatable bonds is 6. The van der Waals surface area contributed by atoms with Crippen molar-refractivity contribution in [1.29, 1.82) is 0 Å². The van der Waals surface area contributed by atoms with Crippen molar-refractivity contribution in [2.45, 2.75) is 25.4 Å². The van der Waals surface area contributed by atoms with Crippen LogP contribution in [0.5, 0.6) is 5.75 Å². The maximum Gasteiger partial charge on any atom is 0.118 e. The van der Waals surface area contributed by atoms with Crippen molar-refractivity contribution in [2.24, 2.45) is 5.92 Å². The van der Waals surface area contributed by atoms with Gasteiger partial charge in [-0.25, -0.2) is 0 Å². The average Bonchev–Trinajstić information content (AvgIpc) is 3.21. The van der Waals surface area contributed by atoms with Gasteiger partial charge in [-0.1, -0.05) is 12.1 Å². The number of ether oxygens (including phenoxy) is 1. The molecule has 20 heavy (non-hydrogen) atoms. The SMILES string of the molecule is CNC(c1ccn(Cc2ccc(OC)cc2)c1)C1CC1. The molecule has 1 saturated carbocycles. The second-order valence-electron chi connectivity index (χ2n) is 5.57. The van der Waals surface area contributed by atoms with Gasteiger partial charge >= 0.3 is 0 Å². The van der Waals surface area contributed by atoms with E-state index in [1.54, 1.807) is 7.11 Å². The first-order chi connectivity index (χ1) is 9.80. The fraction of sp³-hybridized carbons (Fsp3) is 0.412.